The van der Waals surface area contributed by atoms with Gasteiger partial charge >= 0.3 is 6.03 Å². The molecule has 7 nitrogen and oxygen atoms in total. The fraction of sp³-hybridized carbons (Fsp3) is 0.393. The third-order valence-corrected chi connectivity index (χ3v) is 6.05. The van der Waals surface area contributed by atoms with E-state index in [1.807, 2.05) is 63.2 Å². The van der Waals surface area contributed by atoms with Crippen LogP contribution in [-0.4, -0.2) is 39.7 Å². The first-order valence-corrected chi connectivity index (χ1v) is 12.1. The largest absolute Gasteiger partial charge is 0.322 e. The molecule has 2 aromatic carbocycles. The molecule has 0 aliphatic heterocycles. The van der Waals surface area contributed by atoms with Crippen LogP contribution in [0.5, 0.6) is 0 Å². The van der Waals surface area contributed by atoms with Crippen molar-refractivity contribution in [2.24, 2.45) is 0 Å². The molecule has 1 heterocycles. The molecule has 3 amide bonds. The second-order valence-electron chi connectivity index (χ2n) is 10.0. The molecule has 186 valence electrons. The number of aryl methyl sites for hydroxylation is 2. The van der Waals surface area contributed by atoms with Crippen LogP contribution in [0.2, 0.25) is 0 Å². The number of urea groups is 1. The Labute approximate surface area is 208 Å². The van der Waals surface area contributed by atoms with Crippen LogP contribution in [0.4, 0.5) is 16.3 Å². The number of hydrogen-bond donors (Lipinski definition) is 2. The van der Waals surface area contributed by atoms with Crippen LogP contribution in [0.25, 0.3) is 5.69 Å². The van der Waals surface area contributed by atoms with Crippen LogP contribution in [0, 0.1) is 20.8 Å². The van der Waals surface area contributed by atoms with Crippen LogP contribution in [0.1, 0.15) is 56.5 Å². The molecule has 2 N–H and O–H groups in total. The number of carbonyl (C=O) groups is 2. The maximum Gasteiger partial charge on any atom is 0.322 e. The average molecular weight is 476 g/mol. The van der Waals surface area contributed by atoms with Gasteiger partial charge in [0.1, 0.15) is 12.4 Å². The first-order chi connectivity index (χ1) is 16.5. The number of carbonyl (C=O) groups excluding carboxylic acids is 2. The Morgan fingerprint density at radius 1 is 0.971 bits per heavy atom. The molecule has 0 bridgehead atoms. The summed E-state index contributed by atoms with van der Waals surface area (Å²) in [5.74, 6) is 0.315. The van der Waals surface area contributed by atoms with E-state index in [2.05, 4.69) is 44.4 Å². The number of benzene rings is 2. The monoisotopic (exact) mass is 475 g/mol. The first kappa shape index (κ1) is 26.0. The van der Waals surface area contributed by atoms with Crippen LogP contribution in [-0.2, 0) is 10.2 Å². The zero-order valence-corrected chi connectivity index (χ0v) is 21.9. The van der Waals surface area contributed by atoms with Crippen molar-refractivity contribution in [2.75, 3.05) is 23.7 Å². The highest BCUT2D eigenvalue weighted by atomic mass is 16.2. The molecule has 7 heteroatoms. The number of nitrogens with one attached hydrogen (secondary N) is 2. The normalized spacial score (nSPS) is 11.3. The van der Waals surface area contributed by atoms with Crippen molar-refractivity contribution in [3.63, 3.8) is 0 Å². The highest BCUT2D eigenvalue weighted by molar-refractivity contribution is 5.97. The summed E-state index contributed by atoms with van der Waals surface area (Å²) in [4.78, 5) is 27.6. The van der Waals surface area contributed by atoms with E-state index in [1.165, 1.54) is 4.90 Å². The number of para-hydroxylation sites is 1. The van der Waals surface area contributed by atoms with Gasteiger partial charge in [0.15, 0.2) is 0 Å². The van der Waals surface area contributed by atoms with Crippen molar-refractivity contribution >= 4 is 23.4 Å². The van der Waals surface area contributed by atoms with E-state index in [1.54, 1.807) is 4.68 Å². The SMILES string of the molecule is CCCN(CC(=O)Nc1cc(C(C)(C)C)nn1-c1cccc(C)c1C)C(=O)Nc1ccccc1C. The Bertz CT molecular complexity index is 1210. The van der Waals surface area contributed by atoms with Gasteiger partial charge in [0.25, 0.3) is 0 Å². The van der Waals surface area contributed by atoms with E-state index >= 15 is 0 Å². The van der Waals surface area contributed by atoms with Gasteiger partial charge in [-0.15, -0.1) is 0 Å². The Kier molecular flexibility index (Phi) is 7.99. The Hall–Kier alpha value is -3.61. The first-order valence-electron chi connectivity index (χ1n) is 12.1. The molecule has 0 atom stereocenters. The minimum Gasteiger partial charge on any atom is -0.315 e. The van der Waals surface area contributed by atoms with Crippen LogP contribution in [0.3, 0.4) is 0 Å². The molecule has 35 heavy (non-hydrogen) atoms. The summed E-state index contributed by atoms with van der Waals surface area (Å²) >= 11 is 0. The highest BCUT2D eigenvalue weighted by Gasteiger charge is 2.23. The Balaban J connectivity index is 1.84. The lowest BCUT2D eigenvalue weighted by molar-refractivity contribution is -0.116. The zero-order valence-electron chi connectivity index (χ0n) is 21.9. The maximum atomic E-state index is 13.1. The van der Waals surface area contributed by atoms with Gasteiger partial charge in [0.2, 0.25) is 5.91 Å². The lowest BCUT2D eigenvalue weighted by Crippen LogP contribution is -2.41. The van der Waals surface area contributed by atoms with E-state index in [0.717, 1.165) is 40.2 Å². The summed E-state index contributed by atoms with van der Waals surface area (Å²) < 4.78 is 1.79. The summed E-state index contributed by atoms with van der Waals surface area (Å²) in [6.45, 7) is 14.7. The van der Waals surface area contributed by atoms with E-state index in [9.17, 15) is 9.59 Å². The molecule has 0 fully saturated rings. The van der Waals surface area contributed by atoms with Crippen molar-refractivity contribution in [2.45, 2.75) is 60.3 Å². The minimum absolute atomic E-state index is 0.0611. The van der Waals surface area contributed by atoms with Gasteiger partial charge in [0, 0.05) is 23.7 Å². The molecular weight excluding hydrogens is 438 g/mol. The maximum absolute atomic E-state index is 13.1. The predicted octanol–water partition coefficient (Wildman–Crippen LogP) is 5.98. The third kappa shape index (κ3) is 6.29. The van der Waals surface area contributed by atoms with Gasteiger partial charge in [-0.2, -0.15) is 5.10 Å². The predicted molar refractivity (Wildman–Crippen MR) is 142 cm³/mol. The van der Waals surface area contributed by atoms with E-state index < -0.39 is 0 Å². The van der Waals surface area contributed by atoms with Crippen molar-refractivity contribution < 1.29 is 9.59 Å². The van der Waals surface area contributed by atoms with E-state index in [4.69, 9.17) is 5.10 Å². The smallest absolute Gasteiger partial charge is 0.315 e. The molecule has 0 spiro atoms. The fourth-order valence-corrected chi connectivity index (χ4v) is 3.77. The van der Waals surface area contributed by atoms with Gasteiger partial charge in [-0.1, -0.05) is 58.0 Å². The van der Waals surface area contributed by atoms with E-state index in [0.29, 0.717) is 12.4 Å². The number of anilines is 2. The van der Waals surface area contributed by atoms with Crippen LogP contribution >= 0.6 is 0 Å². The number of amides is 3. The summed E-state index contributed by atoms with van der Waals surface area (Å²) in [6, 6.07) is 15.3. The van der Waals surface area contributed by atoms with Crippen LogP contribution < -0.4 is 10.6 Å². The van der Waals surface area contributed by atoms with Gasteiger partial charge < -0.3 is 15.5 Å². The molecule has 3 rings (SSSR count). The van der Waals surface area contributed by atoms with E-state index in [-0.39, 0.29) is 23.9 Å². The number of hydrogen-bond acceptors (Lipinski definition) is 3. The lowest BCUT2D eigenvalue weighted by Gasteiger charge is -2.22. The topological polar surface area (TPSA) is 79.3 Å². The molecule has 0 saturated heterocycles. The van der Waals surface area contributed by atoms with Crippen molar-refractivity contribution in [3.05, 3.63) is 70.9 Å². The van der Waals surface area contributed by atoms with Crippen molar-refractivity contribution in [1.29, 1.82) is 0 Å². The summed E-state index contributed by atoms with van der Waals surface area (Å²) in [5, 5.41) is 10.8. The number of nitrogens with zero attached hydrogens (tertiary/aromatic N) is 3. The third-order valence-electron chi connectivity index (χ3n) is 6.05. The summed E-state index contributed by atoms with van der Waals surface area (Å²) in [7, 11) is 0. The fourth-order valence-electron chi connectivity index (χ4n) is 3.77. The summed E-state index contributed by atoms with van der Waals surface area (Å²) in [5.41, 5.74) is 5.54. The molecule has 0 radical (unpaired) electrons. The van der Waals surface area contributed by atoms with Gasteiger partial charge in [-0.3, -0.25) is 4.79 Å². The zero-order chi connectivity index (χ0) is 25.8. The quantitative estimate of drug-likeness (QED) is 0.441. The van der Waals surface area contributed by atoms with Crippen molar-refractivity contribution in [3.8, 4) is 5.69 Å². The molecule has 0 aliphatic carbocycles. The van der Waals surface area contributed by atoms with Crippen LogP contribution in [0.15, 0.2) is 48.5 Å². The molecule has 0 saturated carbocycles. The molecular formula is C28H37N5O2. The van der Waals surface area contributed by atoms with Crippen molar-refractivity contribution in [1.82, 2.24) is 14.7 Å². The molecule has 3 aromatic rings. The molecule has 0 unspecified atom stereocenters. The molecule has 1 aromatic heterocycles. The second kappa shape index (κ2) is 10.8. The van der Waals surface area contributed by atoms with Gasteiger partial charge in [-0.05, 0) is 56.0 Å². The Morgan fingerprint density at radius 3 is 2.31 bits per heavy atom. The molecule has 0 aliphatic rings. The van der Waals surface area contributed by atoms with Gasteiger partial charge in [0.05, 0.1) is 11.4 Å². The average Bonchev–Trinajstić information content (AvgIpc) is 3.21. The second-order valence-corrected chi connectivity index (χ2v) is 10.0. The summed E-state index contributed by atoms with van der Waals surface area (Å²) in [6.07, 6.45) is 0.739. The van der Waals surface area contributed by atoms with Gasteiger partial charge in [-0.25, -0.2) is 9.48 Å². The Morgan fingerprint density at radius 2 is 1.66 bits per heavy atom. The lowest BCUT2D eigenvalue weighted by atomic mass is 9.92. The standard InChI is InChI=1S/C28H37N5O2/c1-8-16-32(27(35)29-22-14-10-9-12-20(22)3)18-26(34)30-25-17-24(28(5,6)7)31-33(25)23-15-11-13-19(2)21(23)4/h9-15,17H,8,16,18H2,1-7H3,(H,29,35)(H,30,34). The number of aromatic nitrogens is 2. The highest BCUT2D eigenvalue weighted by Crippen LogP contribution is 2.28. The minimum atomic E-state index is -0.297. The number of rotatable bonds is 7.